The number of nitrogens with zero attached hydrogens (tertiary/aromatic N) is 2. The summed E-state index contributed by atoms with van der Waals surface area (Å²) in [5.74, 6) is -4.11. The first-order valence-electron chi connectivity index (χ1n) is 10.4. The van der Waals surface area contributed by atoms with E-state index >= 15 is 0 Å². The number of hydrogen-bond donors (Lipinski definition) is 1. The summed E-state index contributed by atoms with van der Waals surface area (Å²) in [5.41, 5.74) is 2.79. The number of halogens is 3. The number of aromatic amines is 1. The third-order valence-corrected chi connectivity index (χ3v) is 6.62. The van der Waals surface area contributed by atoms with E-state index in [-0.39, 0.29) is 17.3 Å². The third-order valence-electron chi connectivity index (χ3n) is 5.22. The number of amides is 1. The zero-order valence-corrected chi connectivity index (χ0v) is 18.8. The topological polar surface area (TPSA) is 83.1 Å². The van der Waals surface area contributed by atoms with Crippen LogP contribution >= 0.6 is 0 Å². The molecule has 0 unspecified atom stereocenters. The first-order chi connectivity index (χ1) is 15.7. The van der Waals surface area contributed by atoms with Crippen LogP contribution in [0.15, 0.2) is 59.5 Å². The Morgan fingerprint density at radius 1 is 1.03 bits per heavy atom. The van der Waals surface area contributed by atoms with Gasteiger partial charge in [0.25, 0.3) is 5.91 Å². The summed E-state index contributed by atoms with van der Waals surface area (Å²) in [6.07, 6.45) is 3.30. The van der Waals surface area contributed by atoms with Crippen molar-refractivity contribution in [2.75, 3.05) is 13.6 Å². The Kier molecular flexibility index (Phi) is 7.91. The minimum Gasteiger partial charge on any atom is -0.342 e. The lowest BCUT2D eigenvalue weighted by Crippen LogP contribution is -2.27. The molecule has 0 aliphatic rings. The van der Waals surface area contributed by atoms with Crippen LogP contribution < -0.4 is 0 Å². The number of carbonyl (C=O) groups is 1. The van der Waals surface area contributed by atoms with E-state index in [4.69, 9.17) is 0 Å². The maximum atomic E-state index is 13.0. The molecule has 0 atom stereocenters. The van der Waals surface area contributed by atoms with Gasteiger partial charge in [0.1, 0.15) is 5.82 Å². The van der Waals surface area contributed by atoms with Gasteiger partial charge in [-0.1, -0.05) is 6.42 Å². The number of unbranched alkanes of at least 4 members (excludes halogenated alkanes) is 2. The summed E-state index contributed by atoms with van der Waals surface area (Å²) in [5, 5.41) is 7.23. The van der Waals surface area contributed by atoms with E-state index in [0.29, 0.717) is 6.54 Å². The molecule has 1 heterocycles. The molecule has 1 N–H and O–H groups in total. The number of benzene rings is 2. The molecule has 0 saturated heterocycles. The quantitative estimate of drug-likeness (QED) is 0.428. The zero-order valence-electron chi connectivity index (χ0n) is 18.0. The van der Waals surface area contributed by atoms with E-state index in [9.17, 15) is 26.4 Å². The second kappa shape index (κ2) is 10.7. The molecule has 6 nitrogen and oxygen atoms in total. The molecule has 0 spiro atoms. The van der Waals surface area contributed by atoms with Crippen molar-refractivity contribution < 1.29 is 26.4 Å². The fourth-order valence-corrected chi connectivity index (χ4v) is 4.03. The van der Waals surface area contributed by atoms with Gasteiger partial charge in [-0.25, -0.2) is 12.8 Å². The van der Waals surface area contributed by atoms with Gasteiger partial charge in [-0.15, -0.1) is 0 Å². The largest absolute Gasteiger partial charge is 0.342 e. The number of aromatic nitrogens is 2. The van der Waals surface area contributed by atoms with Crippen molar-refractivity contribution in [3.8, 4) is 11.3 Å². The predicted octanol–water partition coefficient (Wildman–Crippen LogP) is 4.70. The Labute approximate surface area is 190 Å². The van der Waals surface area contributed by atoms with Crippen LogP contribution in [-0.2, 0) is 16.3 Å². The van der Waals surface area contributed by atoms with Crippen LogP contribution in [-0.4, -0.2) is 48.8 Å². The van der Waals surface area contributed by atoms with Crippen molar-refractivity contribution in [2.45, 2.75) is 36.3 Å². The normalized spacial score (nSPS) is 11.7. The minimum atomic E-state index is -4.68. The van der Waals surface area contributed by atoms with Gasteiger partial charge in [0, 0.05) is 30.4 Å². The second-order valence-electron chi connectivity index (χ2n) is 7.65. The van der Waals surface area contributed by atoms with Crippen molar-refractivity contribution in [3.05, 3.63) is 71.7 Å². The highest BCUT2D eigenvalue weighted by atomic mass is 32.2. The van der Waals surface area contributed by atoms with Gasteiger partial charge in [-0.2, -0.15) is 13.9 Å². The molecule has 0 radical (unpaired) electrons. The number of carbonyl (C=O) groups excluding carboxylic acids is 1. The molecule has 3 rings (SSSR count). The molecule has 2 aromatic carbocycles. The lowest BCUT2D eigenvalue weighted by atomic mass is 10.1. The van der Waals surface area contributed by atoms with Crippen LogP contribution in [0, 0.1) is 5.82 Å². The highest BCUT2D eigenvalue weighted by Gasteiger charge is 2.26. The molecule has 0 aliphatic carbocycles. The number of nitrogens with one attached hydrogen (secondary N) is 1. The van der Waals surface area contributed by atoms with Crippen LogP contribution in [0.25, 0.3) is 11.3 Å². The van der Waals surface area contributed by atoms with Gasteiger partial charge in [-0.3, -0.25) is 9.89 Å². The summed E-state index contributed by atoms with van der Waals surface area (Å²) in [7, 11) is -3.04. The second-order valence-corrected chi connectivity index (χ2v) is 9.57. The fraction of sp³-hybridized carbons (Fsp3) is 0.304. The fourth-order valence-electron chi connectivity index (χ4n) is 3.31. The standard InChI is InChI=1S/C23H24F3N3O3S/c1-29(22(30)17-8-12-20(13-9-17)33(31,32)23(25)26)14-4-2-3-5-19-15-21(28-27-19)16-6-10-18(24)11-7-16/h6-13,15,23H,2-5,14H2,1H3,(H,27,28). The Morgan fingerprint density at radius 3 is 2.33 bits per heavy atom. The number of hydrogen-bond acceptors (Lipinski definition) is 4. The Morgan fingerprint density at radius 2 is 1.70 bits per heavy atom. The molecule has 0 fully saturated rings. The van der Waals surface area contributed by atoms with Crippen LogP contribution in [0.3, 0.4) is 0 Å². The van der Waals surface area contributed by atoms with Gasteiger partial charge in [0.15, 0.2) is 0 Å². The van der Waals surface area contributed by atoms with Crippen molar-refractivity contribution >= 4 is 15.7 Å². The van der Waals surface area contributed by atoms with Crippen LogP contribution in [0.4, 0.5) is 13.2 Å². The Bertz CT molecular complexity index is 1180. The highest BCUT2D eigenvalue weighted by molar-refractivity contribution is 7.91. The average molecular weight is 480 g/mol. The summed E-state index contributed by atoms with van der Waals surface area (Å²) >= 11 is 0. The van der Waals surface area contributed by atoms with Gasteiger partial charge in [0.05, 0.1) is 10.6 Å². The molecule has 1 aromatic heterocycles. The molecular weight excluding hydrogens is 455 g/mol. The molecule has 0 bridgehead atoms. The predicted molar refractivity (Wildman–Crippen MR) is 118 cm³/mol. The van der Waals surface area contributed by atoms with E-state index in [1.54, 1.807) is 19.2 Å². The van der Waals surface area contributed by atoms with Crippen LogP contribution in [0.5, 0.6) is 0 Å². The highest BCUT2D eigenvalue weighted by Crippen LogP contribution is 2.20. The molecule has 33 heavy (non-hydrogen) atoms. The van der Waals surface area contributed by atoms with E-state index in [0.717, 1.165) is 54.8 Å². The lowest BCUT2D eigenvalue weighted by Gasteiger charge is -2.17. The SMILES string of the molecule is CN(CCCCCc1cc(-c2ccc(F)cc2)n[nH]1)C(=O)c1ccc(S(=O)(=O)C(F)F)cc1. The minimum absolute atomic E-state index is 0.233. The summed E-state index contributed by atoms with van der Waals surface area (Å²) < 4.78 is 61.2. The molecular formula is C23H24F3N3O3S. The number of alkyl halides is 2. The lowest BCUT2D eigenvalue weighted by molar-refractivity contribution is 0.0792. The van der Waals surface area contributed by atoms with Crippen molar-refractivity contribution in [2.24, 2.45) is 0 Å². The maximum Gasteiger partial charge on any atom is 0.341 e. The van der Waals surface area contributed by atoms with Gasteiger partial charge in [0.2, 0.25) is 9.84 Å². The average Bonchev–Trinajstić information content (AvgIpc) is 3.27. The van der Waals surface area contributed by atoms with Crippen LogP contribution in [0.2, 0.25) is 0 Å². The molecule has 10 heteroatoms. The van der Waals surface area contributed by atoms with Gasteiger partial charge < -0.3 is 4.90 Å². The third kappa shape index (κ3) is 6.22. The van der Waals surface area contributed by atoms with E-state index in [1.165, 1.54) is 29.2 Å². The van der Waals surface area contributed by atoms with E-state index in [2.05, 4.69) is 10.2 Å². The smallest absolute Gasteiger partial charge is 0.341 e. The van der Waals surface area contributed by atoms with E-state index in [1.807, 2.05) is 6.07 Å². The molecule has 3 aromatic rings. The first kappa shape index (κ1) is 24.5. The number of aryl methyl sites for hydroxylation is 1. The first-order valence-corrected chi connectivity index (χ1v) is 11.9. The van der Waals surface area contributed by atoms with Crippen LogP contribution in [0.1, 0.15) is 35.3 Å². The molecule has 0 aliphatic heterocycles. The zero-order chi connectivity index (χ0) is 24.0. The summed E-state index contributed by atoms with van der Waals surface area (Å²) in [6, 6.07) is 12.6. The maximum absolute atomic E-state index is 13.0. The van der Waals surface area contributed by atoms with E-state index < -0.39 is 20.5 Å². The van der Waals surface area contributed by atoms with Gasteiger partial charge >= 0.3 is 5.76 Å². The molecule has 0 saturated carbocycles. The molecule has 1 amide bonds. The van der Waals surface area contributed by atoms with Crippen molar-refractivity contribution in [3.63, 3.8) is 0 Å². The number of sulfone groups is 1. The van der Waals surface area contributed by atoms with Gasteiger partial charge in [-0.05, 0) is 73.9 Å². The summed E-state index contributed by atoms with van der Waals surface area (Å²) in [4.78, 5) is 13.5. The molecule has 176 valence electrons. The van der Waals surface area contributed by atoms with Crippen molar-refractivity contribution in [1.29, 1.82) is 0 Å². The Hall–Kier alpha value is -3.14. The monoisotopic (exact) mass is 479 g/mol. The number of rotatable bonds is 10. The Balaban J connectivity index is 1.43. The number of H-pyrrole nitrogens is 1. The summed E-state index contributed by atoms with van der Waals surface area (Å²) in [6.45, 7) is 0.500. The van der Waals surface area contributed by atoms with Crippen molar-refractivity contribution in [1.82, 2.24) is 15.1 Å².